The smallest absolute Gasteiger partial charge is 0.305 e. The van der Waals surface area contributed by atoms with Crippen LogP contribution >= 0.6 is 0 Å². The molecule has 0 saturated carbocycles. The van der Waals surface area contributed by atoms with Crippen LogP contribution in [0, 0.1) is 5.92 Å². The molecule has 2 N–H and O–H groups in total. The van der Waals surface area contributed by atoms with Gasteiger partial charge in [-0.15, -0.1) is 0 Å². The molecule has 1 aromatic carbocycles. The van der Waals surface area contributed by atoms with Gasteiger partial charge >= 0.3 is 5.97 Å². The van der Waals surface area contributed by atoms with Crippen LogP contribution in [0.2, 0.25) is 0 Å². The van der Waals surface area contributed by atoms with Gasteiger partial charge in [-0.05, 0) is 11.5 Å². The Morgan fingerprint density at radius 1 is 1.17 bits per heavy atom. The summed E-state index contributed by atoms with van der Waals surface area (Å²) in [5, 5.41) is 11.7. The fourth-order valence-electron chi connectivity index (χ4n) is 2.48. The van der Waals surface area contributed by atoms with Crippen molar-refractivity contribution in [1.82, 2.24) is 10.2 Å². The Kier molecular flexibility index (Phi) is 7.95. The van der Waals surface area contributed by atoms with Crippen molar-refractivity contribution in [2.75, 3.05) is 13.1 Å². The van der Waals surface area contributed by atoms with Crippen LogP contribution in [0.1, 0.15) is 45.2 Å². The van der Waals surface area contributed by atoms with Crippen LogP contribution in [0.25, 0.3) is 0 Å². The number of nitrogens with zero attached hydrogens (tertiary/aromatic N) is 1. The molecule has 0 saturated heterocycles. The Morgan fingerprint density at radius 3 is 2.29 bits per heavy atom. The molecule has 0 bridgehead atoms. The molecule has 132 valence electrons. The highest BCUT2D eigenvalue weighted by atomic mass is 16.4. The molecular weight excluding hydrogens is 308 g/mol. The lowest BCUT2D eigenvalue weighted by atomic mass is 10.0. The van der Waals surface area contributed by atoms with E-state index in [1.807, 2.05) is 44.2 Å². The Hall–Kier alpha value is -2.37. The second kappa shape index (κ2) is 9.70. The van der Waals surface area contributed by atoms with Crippen molar-refractivity contribution in [2.45, 2.75) is 39.7 Å². The summed E-state index contributed by atoms with van der Waals surface area (Å²) in [7, 11) is 0. The molecule has 0 spiro atoms. The number of benzene rings is 1. The number of carbonyl (C=O) groups excluding carboxylic acids is 2. The first-order valence-corrected chi connectivity index (χ1v) is 8.11. The molecule has 2 amide bonds. The van der Waals surface area contributed by atoms with Crippen LogP contribution < -0.4 is 5.32 Å². The van der Waals surface area contributed by atoms with Crippen LogP contribution in [-0.4, -0.2) is 40.9 Å². The van der Waals surface area contributed by atoms with Crippen molar-refractivity contribution >= 4 is 17.8 Å². The molecule has 0 fully saturated rings. The summed E-state index contributed by atoms with van der Waals surface area (Å²) in [4.78, 5) is 36.5. The standard InChI is InChI=1S/C18H26N2O4/c1-13(2)12-20(10-9-18(23)24)17(22)11-16(19-14(3)21)15-7-5-4-6-8-15/h4-8,13,16H,9-12H2,1-3H3,(H,19,21)(H,23,24). The van der Waals surface area contributed by atoms with Crippen molar-refractivity contribution < 1.29 is 19.5 Å². The number of hydrogen-bond donors (Lipinski definition) is 2. The molecule has 24 heavy (non-hydrogen) atoms. The van der Waals surface area contributed by atoms with Gasteiger partial charge in [-0.25, -0.2) is 0 Å². The number of hydrogen-bond acceptors (Lipinski definition) is 3. The first kappa shape index (κ1) is 19.7. The molecule has 1 rings (SSSR count). The zero-order chi connectivity index (χ0) is 18.1. The SMILES string of the molecule is CC(=O)NC(CC(=O)N(CCC(=O)O)CC(C)C)c1ccccc1. The lowest BCUT2D eigenvalue weighted by molar-refractivity contribution is -0.138. The minimum atomic E-state index is -0.932. The minimum Gasteiger partial charge on any atom is -0.481 e. The highest BCUT2D eigenvalue weighted by Gasteiger charge is 2.22. The van der Waals surface area contributed by atoms with E-state index < -0.39 is 12.0 Å². The van der Waals surface area contributed by atoms with E-state index in [2.05, 4.69) is 5.32 Å². The van der Waals surface area contributed by atoms with Gasteiger partial charge in [0.05, 0.1) is 18.9 Å². The Bertz CT molecular complexity index is 557. The van der Waals surface area contributed by atoms with Crippen molar-refractivity contribution in [3.05, 3.63) is 35.9 Å². The van der Waals surface area contributed by atoms with Crippen molar-refractivity contribution in [1.29, 1.82) is 0 Å². The normalized spacial score (nSPS) is 11.8. The number of aliphatic carboxylic acids is 1. The maximum absolute atomic E-state index is 12.6. The summed E-state index contributed by atoms with van der Waals surface area (Å²) in [5.41, 5.74) is 0.851. The number of rotatable bonds is 9. The molecule has 1 aromatic rings. The van der Waals surface area contributed by atoms with E-state index in [0.717, 1.165) is 5.56 Å². The zero-order valence-corrected chi connectivity index (χ0v) is 14.5. The van der Waals surface area contributed by atoms with Gasteiger partial charge in [0.1, 0.15) is 0 Å². The van der Waals surface area contributed by atoms with E-state index in [9.17, 15) is 14.4 Å². The molecule has 0 radical (unpaired) electrons. The molecule has 6 heteroatoms. The highest BCUT2D eigenvalue weighted by Crippen LogP contribution is 2.18. The summed E-state index contributed by atoms with van der Waals surface area (Å²) in [6.45, 7) is 6.03. The van der Waals surface area contributed by atoms with Crippen LogP contribution in [0.4, 0.5) is 0 Å². The number of amides is 2. The summed E-state index contributed by atoms with van der Waals surface area (Å²) in [5.74, 6) is -1.07. The van der Waals surface area contributed by atoms with E-state index in [-0.39, 0.29) is 37.1 Å². The van der Waals surface area contributed by atoms with Crippen LogP contribution in [0.3, 0.4) is 0 Å². The van der Waals surface area contributed by atoms with E-state index in [4.69, 9.17) is 5.11 Å². The topological polar surface area (TPSA) is 86.7 Å². The lowest BCUT2D eigenvalue weighted by Crippen LogP contribution is -2.39. The zero-order valence-electron chi connectivity index (χ0n) is 14.5. The third-order valence-corrected chi connectivity index (χ3v) is 3.49. The van der Waals surface area contributed by atoms with Gasteiger partial charge < -0.3 is 15.3 Å². The number of carboxylic acid groups (broad SMARTS) is 1. The first-order chi connectivity index (χ1) is 11.3. The average molecular weight is 334 g/mol. The summed E-state index contributed by atoms with van der Waals surface area (Å²) in [6, 6.07) is 8.87. The lowest BCUT2D eigenvalue weighted by Gasteiger charge is -2.27. The predicted molar refractivity (Wildman–Crippen MR) is 91.3 cm³/mol. The summed E-state index contributed by atoms with van der Waals surface area (Å²) in [6.07, 6.45) is 0.0184. The van der Waals surface area contributed by atoms with Crippen molar-refractivity contribution in [3.63, 3.8) is 0 Å². The third-order valence-electron chi connectivity index (χ3n) is 3.49. The van der Waals surface area contributed by atoms with Crippen LogP contribution in [0.5, 0.6) is 0 Å². The van der Waals surface area contributed by atoms with Gasteiger partial charge in [0.2, 0.25) is 11.8 Å². The highest BCUT2D eigenvalue weighted by molar-refractivity contribution is 5.79. The summed E-state index contributed by atoms with van der Waals surface area (Å²) < 4.78 is 0. The molecule has 0 aliphatic carbocycles. The first-order valence-electron chi connectivity index (χ1n) is 8.11. The fraction of sp³-hybridized carbons (Fsp3) is 0.500. The number of carbonyl (C=O) groups is 3. The van der Waals surface area contributed by atoms with E-state index in [1.165, 1.54) is 6.92 Å². The van der Waals surface area contributed by atoms with E-state index in [1.54, 1.807) is 4.90 Å². The fourth-order valence-corrected chi connectivity index (χ4v) is 2.48. The second-order valence-electron chi connectivity index (χ2n) is 6.25. The van der Waals surface area contributed by atoms with Gasteiger partial charge in [-0.1, -0.05) is 44.2 Å². The molecule has 0 aromatic heterocycles. The maximum Gasteiger partial charge on any atom is 0.305 e. The van der Waals surface area contributed by atoms with Gasteiger partial charge in [0.15, 0.2) is 0 Å². The Labute approximate surface area is 142 Å². The van der Waals surface area contributed by atoms with Gasteiger partial charge in [0, 0.05) is 20.0 Å². The van der Waals surface area contributed by atoms with Gasteiger partial charge in [0.25, 0.3) is 0 Å². The molecule has 0 heterocycles. The van der Waals surface area contributed by atoms with E-state index >= 15 is 0 Å². The molecule has 1 unspecified atom stereocenters. The Morgan fingerprint density at radius 2 is 1.79 bits per heavy atom. The molecule has 0 aliphatic rings. The number of carboxylic acids is 1. The molecular formula is C18H26N2O4. The molecule has 6 nitrogen and oxygen atoms in total. The largest absolute Gasteiger partial charge is 0.481 e. The molecule has 1 atom stereocenters. The van der Waals surface area contributed by atoms with Crippen LogP contribution in [0.15, 0.2) is 30.3 Å². The number of nitrogens with one attached hydrogen (secondary N) is 1. The van der Waals surface area contributed by atoms with Gasteiger partial charge in [-0.3, -0.25) is 14.4 Å². The monoisotopic (exact) mass is 334 g/mol. The van der Waals surface area contributed by atoms with Crippen molar-refractivity contribution in [3.8, 4) is 0 Å². The predicted octanol–water partition coefficient (Wildman–Crippen LogP) is 2.21. The Balaban J connectivity index is 2.85. The van der Waals surface area contributed by atoms with E-state index in [0.29, 0.717) is 6.54 Å². The average Bonchev–Trinajstić information content (AvgIpc) is 2.50. The third kappa shape index (κ3) is 7.26. The quantitative estimate of drug-likeness (QED) is 0.725. The van der Waals surface area contributed by atoms with Crippen molar-refractivity contribution in [2.24, 2.45) is 5.92 Å². The second-order valence-corrected chi connectivity index (χ2v) is 6.25. The van der Waals surface area contributed by atoms with Crippen LogP contribution in [-0.2, 0) is 14.4 Å². The maximum atomic E-state index is 12.6. The summed E-state index contributed by atoms with van der Waals surface area (Å²) >= 11 is 0. The minimum absolute atomic E-state index is 0.0887. The molecule has 0 aliphatic heterocycles. The van der Waals surface area contributed by atoms with Gasteiger partial charge in [-0.2, -0.15) is 0 Å².